The maximum atomic E-state index is 13.3. The smallest absolute Gasteiger partial charge is 0.274 e. The van der Waals surface area contributed by atoms with Crippen LogP contribution < -0.4 is 0 Å². The second-order valence-corrected chi connectivity index (χ2v) is 9.37. The standard InChI is InChI=1S/C22H36N4O2/c1-16(2)15-26-20-5-4-18(24-8-6-17(3)7-9-24)14-19(20)21(23-26)22(27)25-10-12-28-13-11-25/h16-18H,4-15H2,1-3H3. The van der Waals surface area contributed by atoms with E-state index >= 15 is 0 Å². The van der Waals surface area contributed by atoms with Gasteiger partial charge in [0.05, 0.1) is 13.2 Å². The highest BCUT2D eigenvalue weighted by Gasteiger charge is 2.34. The van der Waals surface area contributed by atoms with E-state index in [2.05, 4.69) is 30.4 Å². The van der Waals surface area contributed by atoms with Crippen LogP contribution in [0.1, 0.15) is 61.8 Å². The lowest BCUT2D eigenvalue weighted by atomic mass is 9.88. The van der Waals surface area contributed by atoms with Crippen LogP contribution in [0, 0.1) is 11.8 Å². The maximum absolute atomic E-state index is 13.3. The molecule has 4 rings (SSSR count). The van der Waals surface area contributed by atoms with Crippen LogP contribution in [0.25, 0.3) is 0 Å². The average Bonchev–Trinajstić information content (AvgIpc) is 3.05. The first-order chi connectivity index (χ1) is 13.5. The number of hydrogen-bond donors (Lipinski definition) is 0. The minimum absolute atomic E-state index is 0.106. The molecule has 2 saturated heterocycles. The van der Waals surface area contributed by atoms with Crippen molar-refractivity contribution in [2.24, 2.45) is 11.8 Å². The van der Waals surface area contributed by atoms with Gasteiger partial charge in [0.1, 0.15) is 0 Å². The summed E-state index contributed by atoms with van der Waals surface area (Å²) in [7, 11) is 0. The van der Waals surface area contributed by atoms with Crippen molar-refractivity contribution in [2.45, 2.75) is 65.5 Å². The number of rotatable bonds is 4. The number of carbonyl (C=O) groups excluding carboxylic acids is 1. The quantitative estimate of drug-likeness (QED) is 0.796. The van der Waals surface area contributed by atoms with Gasteiger partial charge in [-0.05, 0) is 57.0 Å². The number of fused-ring (bicyclic) bond motifs is 1. The normalized spacial score (nSPS) is 24.6. The molecular weight excluding hydrogens is 352 g/mol. The van der Waals surface area contributed by atoms with Gasteiger partial charge < -0.3 is 14.5 Å². The maximum Gasteiger partial charge on any atom is 0.274 e. The second-order valence-electron chi connectivity index (χ2n) is 9.37. The van der Waals surface area contributed by atoms with Gasteiger partial charge in [0.15, 0.2) is 5.69 Å². The molecule has 0 spiro atoms. The van der Waals surface area contributed by atoms with Crippen LogP contribution in [0.2, 0.25) is 0 Å². The summed E-state index contributed by atoms with van der Waals surface area (Å²) in [6.45, 7) is 12.7. The Kier molecular flexibility index (Phi) is 6.07. The molecule has 0 radical (unpaired) electrons. The minimum atomic E-state index is 0.106. The lowest BCUT2D eigenvalue weighted by molar-refractivity contribution is 0.0297. The summed E-state index contributed by atoms with van der Waals surface area (Å²) in [4.78, 5) is 17.9. The van der Waals surface area contributed by atoms with Gasteiger partial charge in [-0.3, -0.25) is 9.48 Å². The fraction of sp³-hybridized carbons (Fsp3) is 0.818. The molecule has 2 fully saturated rings. The third-order valence-corrected chi connectivity index (χ3v) is 6.69. The Morgan fingerprint density at radius 1 is 1.14 bits per heavy atom. The number of likely N-dealkylation sites (tertiary alicyclic amines) is 1. The Morgan fingerprint density at radius 3 is 2.54 bits per heavy atom. The van der Waals surface area contributed by atoms with E-state index in [1.165, 1.54) is 43.6 Å². The van der Waals surface area contributed by atoms with Gasteiger partial charge in [-0.15, -0.1) is 0 Å². The third-order valence-electron chi connectivity index (χ3n) is 6.69. The average molecular weight is 389 g/mol. The fourth-order valence-corrected chi connectivity index (χ4v) is 4.96. The molecule has 1 aromatic rings. The van der Waals surface area contributed by atoms with E-state index in [4.69, 9.17) is 9.84 Å². The Hall–Kier alpha value is -1.40. The molecule has 6 heteroatoms. The fourth-order valence-electron chi connectivity index (χ4n) is 4.96. The minimum Gasteiger partial charge on any atom is -0.378 e. The van der Waals surface area contributed by atoms with Crippen LogP contribution >= 0.6 is 0 Å². The monoisotopic (exact) mass is 388 g/mol. The van der Waals surface area contributed by atoms with E-state index in [1.54, 1.807) is 0 Å². The Bertz CT molecular complexity index is 685. The molecule has 1 unspecified atom stereocenters. The lowest BCUT2D eigenvalue weighted by Crippen LogP contribution is -2.44. The largest absolute Gasteiger partial charge is 0.378 e. The van der Waals surface area contributed by atoms with Gasteiger partial charge in [0, 0.05) is 36.9 Å². The van der Waals surface area contributed by atoms with Crippen LogP contribution in [-0.2, 0) is 24.1 Å². The molecule has 0 N–H and O–H groups in total. The predicted octanol–water partition coefficient (Wildman–Crippen LogP) is 2.60. The number of hydrogen-bond acceptors (Lipinski definition) is 4. The highest BCUT2D eigenvalue weighted by Crippen LogP contribution is 2.31. The number of nitrogens with zero attached hydrogens (tertiary/aromatic N) is 4. The van der Waals surface area contributed by atoms with Gasteiger partial charge in [0.2, 0.25) is 0 Å². The van der Waals surface area contributed by atoms with E-state index in [-0.39, 0.29) is 5.91 Å². The summed E-state index contributed by atoms with van der Waals surface area (Å²) in [6, 6.07) is 0.563. The number of piperidine rings is 1. The van der Waals surface area contributed by atoms with Crippen molar-refractivity contribution >= 4 is 5.91 Å². The van der Waals surface area contributed by atoms with Crippen LogP contribution in [0.15, 0.2) is 0 Å². The van der Waals surface area contributed by atoms with E-state index in [0.717, 1.165) is 25.3 Å². The summed E-state index contributed by atoms with van der Waals surface area (Å²) in [6.07, 6.45) is 5.82. The molecule has 3 heterocycles. The highest BCUT2D eigenvalue weighted by atomic mass is 16.5. The van der Waals surface area contributed by atoms with Crippen LogP contribution in [-0.4, -0.2) is 70.9 Å². The Morgan fingerprint density at radius 2 is 1.86 bits per heavy atom. The van der Waals surface area contributed by atoms with Crippen molar-refractivity contribution in [1.82, 2.24) is 19.6 Å². The molecule has 0 aromatic carbocycles. The first kappa shape index (κ1) is 19.9. The SMILES string of the molecule is CC(C)Cn1nc(C(=O)N2CCOCC2)c2c1CCC(N1CCC(C)CC1)C2. The second kappa shape index (κ2) is 8.54. The molecule has 1 amide bonds. The highest BCUT2D eigenvalue weighted by molar-refractivity contribution is 5.94. The molecule has 1 aliphatic carbocycles. The number of ether oxygens (including phenoxy) is 1. The summed E-state index contributed by atoms with van der Waals surface area (Å²) in [5.74, 6) is 1.48. The van der Waals surface area contributed by atoms with Gasteiger partial charge in [-0.25, -0.2) is 0 Å². The zero-order valence-corrected chi connectivity index (χ0v) is 17.8. The van der Waals surface area contributed by atoms with Crippen molar-refractivity contribution in [3.63, 3.8) is 0 Å². The van der Waals surface area contributed by atoms with Crippen LogP contribution in [0.4, 0.5) is 0 Å². The van der Waals surface area contributed by atoms with E-state index in [9.17, 15) is 4.79 Å². The van der Waals surface area contributed by atoms with Crippen LogP contribution in [0.5, 0.6) is 0 Å². The van der Waals surface area contributed by atoms with Gasteiger partial charge in [0.25, 0.3) is 5.91 Å². The summed E-state index contributed by atoms with van der Waals surface area (Å²) in [5.41, 5.74) is 3.26. The first-order valence-electron chi connectivity index (χ1n) is 11.2. The van der Waals surface area contributed by atoms with Crippen molar-refractivity contribution in [2.75, 3.05) is 39.4 Å². The van der Waals surface area contributed by atoms with E-state index in [0.29, 0.717) is 44.0 Å². The number of amides is 1. The van der Waals surface area contributed by atoms with Crippen molar-refractivity contribution in [1.29, 1.82) is 0 Å². The van der Waals surface area contributed by atoms with E-state index < -0.39 is 0 Å². The molecule has 3 aliphatic rings. The molecule has 28 heavy (non-hydrogen) atoms. The number of morpholine rings is 1. The van der Waals surface area contributed by atoms with Gasteiger partial charge >= 0.3 is 0 Å². The topological polar surface area (TPSA) is 50.6 Å². The first-order valence-corrected chi connectivity index (χ1v) is 11.2. The van der Waals surface area contributed by atoms with Crippen LogP contribution in [0.3, 0.4) is 0 Å². The lowest BCUT2D eigenvalue weighted by Gasteiger charge is -2.38. The molecule has 156 valence electrons. The summed E-state index contributed by atoms with van der Waals surface area (Å²) >= 11 is 0. The van der Waals surface area contributed by atoms with Crippen molar-refractivity contribution < 1.29 is 9.53 Å². The Balaban J connectivity index is 1.58. The van der Waals surface area contributed by atoms with E-state index in [1.807, 2.05) is 4.90 Å². The van der Waals surface area contributed by atoms with Gasteiger partial charge in [-0.2, -0.15) is 5.10 Å². The summed E-state index contributed by atoms with van der Waals surface area (Å²) < 4.78 is 7.58. The molecule has 1 aromatic heterocycles. The molecule has 6 nitrogen and oxygen atoms in total. The molecule has 0 bridgehead atoms. The Labute approximate surface area is 169 Å². The molecular formula is C22H36N4O2. The zero-order chi connectivity index (χ0) is 19.7. The van der Waals surface area contributed by atoms with Crippen molar-refractivity contribution in [3.8, 4) is 0 Å². The molecule has 2 aliphatic heterocycles. The van der Waals surface area contributed by atoms with Crippen molar-refractivity contribution in [3.05, 3.63) is 17.0 Å². The molecule has 0 saturated carbocycles. The third kappa shape index (κ3) is 4.13. The molecule has 1 atom stereocenters. The predicted molar refractivity (Wildman–Crippen MR) is 110 cm³/mol. The van der Waals surface area contributed by atoms with Gasteiger partial charge in [-0.1, -0.05) is 20.8 Å². The number of carbonyl (C=O) groups is 1. The summed E-state index contributed by atoms with van der Waals surface area (Å²) in [5, 5.41) is 4.86. The zero-order valence-electron chi connectivity index (χ0n) is 17.8. The number of aromatic nitrogens is 2.